The Balaban J connectivity index is 0.00000264. The molecule has 1 unspecified atom stereocenters. The quantitative estimate of drug-likeness (QED) is 0.435. The van der Waals surface area contributed by atoms with E-state index in [1.807, 2.05) is 23.9 Å². The third kappa shape index (κ3) is 5.52. The van der Waals surface area contributed by atoms with Crippen LogP contribution in [0, 0.1) is 0 Å². The molecule has 0 spiro atoms. The number of nitrogens with zero attached hydrogens (tertiary/aromatic N) is 2. The molecule has 0 aliphatic heterocycles. The minimum Gasteiger partial charge on any atom is -1.00 e. The van der Waals surface area contributed by atoms with Crippen LogP contribution < -0.4 is 21.5 Å². The molecule has 0 N–H and O–H groups in total. The SMILES string of the molecule is CCOC(=O)C(OC(=O)C[n+]1ccn(C)c1)c1ccccc1.[Br-]. The van der Waals surface area contributed by atoms with Gasteiger partial charge in [0.1, 0.15) is 12.4 Å². The molecule has 0 radical (unpaired) electrons. The number of halogens is 1. The zero-order chi connectivity index (χ0) is 15.9. The van der Waals surface area contributed by atoms with Crippen LogP contribution in [0.3, 0.4) is 0 Å². The Hall–Kier alpha value is -2.15. The molecule has 1 heterocycles. The first-order chi connectivity index (χ1) is 10.6. The van der Waals surface area contributed by atoms with Crippen LogP contribution in [0.25, 0.3) is 0 Å². The van der Waals surface area contributed by atoms with Gasteiger partial charge in [0, 0.05) is 5.56 Å². The molecule has 0 bridgehead atoms. The van der Waals surface area contributed by atoms with Crippen molar-refractivity contribution in [1.82, 2.24) is 4.57 Å². The maximum Gasteiger partial charge on any atom is 0.352 e. The highest BCUT2D eigenvalue weighted by molar-refractivity contribution is 5.80. The lowest BCUT2D eigenvalue weighted by Crippen LogP contribution is -3.00. The highest BCUT2D eigenvalue weighted by Crippen LogP contribution is 2.19. The smallest absolute Gasteiger partial charge is 0.352 e. The van der Waals surface area contributed by atoms with Gasteiger partial charge < -0.3 is 26.5 Å². The summed E-state index contributed by atoms with van der Waals surface area (Å²) in [5.41, 5.74) is 0.590. The van der Waals surface area contributed by atoms with Crippen molar-refractivity contribution in [3.63, 3.8) is 0 Å². The molecule has 0 aliphatic carbocycles. The average molecular weight is 383 g/mol. The molecule has 1 aromatic heterocycles. The van der Waals surface area contributed by atoms with E-state index in [2.05, 4.69) is 0 Å². The fourth-order valence-corrected chi connectivity index (χ4v) is 2.01. The molecule has 0 amide bonds. The predicted molar refractivity (Wildman–Crippen MR) is 77.5 cm³/mol. The topological polar surface area (TPSA) is 61.4 Å². The summed E-state index contributed by atoms with van der Waals surface area (Å²) in [7, 11) is 1.85. The van der Waals surface area contributed by atoms with Crippen molar-refractivity contribution in [2.24, 2.45) is 7.05 Å². The van der Waals surface area contributed by atoms with Crippen molar-refractivity contribution in [3.8, 4) is 0 Å². The molecule has 0 fully saturated rings. The lowest BCUT2D eigenvalue weighted by atomic mass is 10.1. The lowest BCUT2D eigenvalue weighted by molar-refractivity contribution is -0.685. The zero-order valence-corrected chi connectivity index (χ0v) is 14.6. The standard InChI is InChI=1S/C16H19N2O4.BrH/c1-3-21-16(20)15(13-7-5-4-6-8-13)22-14(19)11-18-10-9-17(2)12-18;/h4-10,12,15H,3,11H2,1-2H3;1H/q+1;/p-1. The van der Waals surface area contributed by atoms with Crippen LogP contribution in [0.4, 0.5) is 0 Å². The van der Waals surface area contributed by atoms with Gasteiger partial charge in [-0.25, -0.2) is 18.7 Å². The number of carbonyl (C=O) groups is 2. The van der Waals surface area contributed by atoms with Crippen molar-refractivity contribution in [2.45, 2.75) is 19.6 Å². The van der Waals surface area contributed by atoms with E-state index >= 15 is 0 Å². The second-order valence-corrected chi connectivity index (χ2v) is 4.78. The third-order valence-electron chi connectivity index (χ3n) is 2.99. The number of imidazole rings is 1. The third-order valence-corrected chi connectivity index (χ3v) is 2.99. The molecule has 6 nitrogen and oxygen atoms in total. The summed E-state index contributed by atoms with van der Waals surface area (Å²) < 4.78 is 13.8. The van der Waals surface area contributed by atoms with Gasteiger partial charge in [-0.05, 0) is 6.92 Å². The van der Waals surface area contributed by atoms with Gasteiger partial charge in [-0.2, -0.15) is 0 Å². The Labute approximate surface area is 145 Å². The molecule has 2 rings (SSSR count). The maximum absolute atomic E-state index is 12.1. The van der Waals surface area contributed by atoms with E-state index in [9.17, 15) is 9.59 Å². The van der Waals surface area contributed by atoms with Crippen LogP contribution in [-0.4, -0.2) is 23.1 Å². The van der Waals surface area contributed by atoms with Crippen molar-refractivity contribution in [1.29, 1.82) is 0 Å². The second-order valence-electron chi connectivity index (χ2n) is 4.78. The predicted octanol–water partition coefficient (Wildman–Crippen LogP) is -1.84. The number of aryl methyl sites for hydroxylation is 1. The molecule has 1 atom stereocenters. The van der Waals surface area contributed by atoms with Gasteiger partial charge in [-0.15, -0.1) is 0 Å². The number of aromatic nitrogens is 2. The molecule has 124 valence electrons. The number of hydrogen-bond acceptors (Lipinski definition) is 4. The van der Waals surface area contributed by atoms with Crippen molar-refractivity contribution < 1.29 is 40.6 Å². The van der Waals surface area contributed by atoms with Gasteiger partial charge in [0.15, 0.2) is 6.54 Å². The van der Waals surface area contributed by atoms with Crippen molar-refractivity contribution in [3.05, 3.63) is 54.6 Å². The van der Waals surface area contributed by atoms with E-state index < -0.39 is 18.0 Å². The van der Waals surface area contributed by atoms with Crippen LogP contribution in [-0.2, 0) is 32.7 Å². The Morgan fingerprint density at radius 1 is 1.26 bits per heavy atom. The second kappa shape index (κ2) is 9.09. The van der Waals surface area contributed by atoms with Gasteiger partial charge in [0.25, 0.3) is 0 Å². The highest BCUT2D eigenvalue weighted by Gasteiger charge is 2.27. The molecular weight excluding hydrogens is 364 g/mol. The van der Waals surface area contributed by atoms with E-state index in [1.54, 1.807) is 48.3 Å². The molecule has 1 aromatic carbocycles. The molecule has 0 saturated heterocycles. The van der Waals surface area contributed by atoms with Crippen LogP contribution in [0.15, 0.2) is 49.1 Å². The molecule has 7 heteroatoms. The number of rotatable bonds is 6. The van der Waals surface area contributed by atoms with Crippen molar-refractivity contribution in [2.75, 3.05) is 6.61 Å². The number of carbonyl (C=O) groups excluding carboxylic acids is 2. The van der Waals surface area contributed by atoms with Gasteiger partial charge in [-0.3, -0.25) is 0 Å². The summed E-state index contributed by atoms with van der Waals surface area (Å²) in [5.74, 6) is -1.07. The molecular formula is C16H19BrN2O4. The van der Waals surface area contributed by atoms with E-state index in [4.69, 9.17) is 9.47 Å². The molecule has 2 aromatic rings. The maximum atomic E-state index is 12.1. The molecule has 23 heavy (non-hydrogen) atoms. The molecule has 0 saturated carbocycles. The van der Waals surface area contributed by atoms with Crippen LogP contribution in [0.2, 0.25) is 0 Å². The summed E-state index contributed by atoms with van der Waals surface area (Å²) in [4.78, 5) is 24.1. The summed E-state index contributed by atoms with van der Waals surface area (Å²) in [6.07, 6.45) is 4.28. The monoisotopic (exact) mass is 382 g/mol. The summed E-state index contributed by atoms with van der Waals surface area (Å²) in [5, 5.41) is 0. The summed E-state index contributed by atoms with van der Waals surface area (Å²) >= 11 is 0. The van der Waals surface area contributed by atoms with E-state index in [0.29, 0.717) is 5.56 Å². The largest absolute Gasteiger partial charge is 1.00 e. The minimum atomic E-state index is -1.04. The first kappa shape index (κ1) is 18.9. The normalized spacial score (nSPS) is 11.2. The van der Waals surface area contributed by atoms with Crippen molar-refractivity contribution >= 4 is 11.9 Å². The zero-order valence-electron chi connectivity index (χ0n) is 13.0. The Morgan fingerprint density at radius 3 is 2.52 bits per heavy atom. The number of hydrogen-bond donors (Lipinski definition) is 0. The highest BCUT2D eigenvalue weighted by atomic mass is 79.9. The minimum absolute atomic E-state index is 0. The number of benzene rings is 1. The fourth-order valence-electron chi connectivity index (χ4n) is 2.01. The number of esters is 2. The van der Waals surface area contributed by atoms with E-state index in [-0.39, 0.29) is 30.1 Å². The van der Waals surface area contributed by atoms with Gasteiger partial charge in [-0.1, -0.05) is 30.3 Å². The Morgan fingerprint density at radius 2 is 1.96 bits per heavy atom. The lowest BCUT2D eigenvalue weighted by Gasteiger charge is -2.16. The Bertz CT molecular complexity index is 643. The summed E-state index contributed by atoms with van der Waals surface area (Å²) in [6, 6.07) is 8.84. The van der Waals surface area contributed by atoms with Gasteiger partial charge >= 0.3 is 11.9 Å². The van der Waals surface area contributed by atoms with Gasteiger partial charge in [0.05, 0.1) is 13.7 Å². The van der Waals surface area contributed by atoms with E-state index in [0.717, 1.165) is 0 Å². The van der Waals surface area contributed by atoms with Crippen LogP contribution >= 0.6 is 0 Å². The van der Waals surface area contributed by atoms with Crippen LogP contribution in [0.5, 0.6) is 0 Å². The van der Waals surface area contributed by atoms with E-state index in [1.165, 1.54) is 0 Å². The first-order valence-corrected chi connectivity index (χ1v) is 7.02. The van der Waals surface area contributed by atoms with Crippen LogP contribution in [0.1, 0.15) is 18.6 Å². The molecule has 0 aliphatic rings. The average Bonchev–Trinajstić information content (AvgIpc) is 2.91. The fraction of sp³-hybridized carbons (Fsp3) is 0.312. The Kier molecular flexibility index (Phi) is 7.47. The first-order valence-electron chi connectivity index (χ1n) is 7.02. The summed E-state index contributed by atoms with van der Waals surface area (Å²) in [6.45, 7) is 1.97. The number of ether oxygens (including phenoxy) is 2. The van der Waals surface area contributed by atoms with Gasteiger partial charge in [0.2, 0.25) is 12.4 Å².